The van der Waals surface area contributed by atoms with Gasteiger partial charge in [0.2, 0.25) is 0 Å². The smallest absolute Gasteiger partial charge is 0.375 e. The van der Waals surface area contributed by atoms with Gasteiger partial charge in [-0.05, 0) is 24.1 Å². The lowest BCUT2D eigenvalue weighted by Gasteiger charge is -2.29. The number of hydrogen-bond acceptors (Lipinski definition) is 2. The van der Waals surface area contributed by atoms with E-state index in [4.69, 9.17) is 5.73 Å². The Morgan fingerprint density at radius 2 is 1.94 bits per heavy atom. The van der Waals surface area contributed by atoms with E-state index in [9.17, 15) is 18.3 Å². The number of nitrogens with two attached hydrogens (primary N) is 1. The number of aryl methyl sites for hydroxylation is 1. The number of halogens is 4. The third-order valence-electron chi connectivity index (χ3n) is 2.41. The molecule has 90 valence electrons. The Labute approximate surface area is 99.4 Å². The lowest BCUT2D eigenvalue weighted by molar-refractivity contribution is -0.262. The van der Waals surface area contributed by atoms with Crippen LogP contribution in [0.5, 0.6) is 0 Å². The molecular weight excluding hydrogens is 287 g/mol. The van der Waals surface area contributed by atoms with Gasteiger partial charge in [0.1, 0.15) is 0 Å². The summed E-state index contributed by atoms with van der Waals surface area (Å²) < 4.78 is 38.5. The van der Waals surface area contributed by atoms with Crippen molar-refractivity contribution in [1.29, 1.82) is 0 Å². The van der Waals surface area contributed by atoms with E-state index in [0.717, 1.165) is 5.56 Å². The van der Waals surface area contributed by atoms with Crippen molar-refractivity contribution >= 4 is 15.9 Å². The lowest BCUT2D eigenvalue weighted by Crippen LogP contribution is -2.48. The molecule has 6 heteroatoms. The standard InChI is InChI=1S/C10H11BrF3NO/c1-6-2-3-7(4-8(6)11)9(16,5-15)10(12,13)14/h2-4,16H,5,15H2,1H3. The minimum atomic E-state index is -4.80. The topological polar surface area (TPSA) is 46.2 Å². The minimum Gasteiger partial charge on any atom is -0.375 e. The molecule has 0 fully saturated rings. The number of aliphatic hydroxyl groups is 1. The molecule has 0 bridgehead atoms. The molecule has 2 nitrogen and oxygen atoms in total. The number of rotatable bonds is 2. The Morgan fingerprint density at radius 3 is 2.31 bits per heavy atom. The molecule has 1 rings (SSSR count). The quantitative estimate of drug-likeness (QED) is 0.881. The molecular formula is C10H11BrF3NO. The van der Waals surface area contributed by atoms with Gasteiger partial charge in [0, 0.05) is 11.0 Å². The minimum absolute atomic E-state index is 0.264. The highest BCUT2D eigenvalue weighted by atomic mass is 79.9. The highest BCUT2D eigenvalue weighted by Crippen LogP contribution is 2.39. The molecule has 0 spiro atoms. The zero-order valence-electron chi connectivity index (χ0n) is 8.48. The lowest BCUT2D eigenvalue weighted by atomic mass is 9.92. The number of hydrogen-bond donors (Lipinski definition) is 2. The van der Waals surface area contributed by atoms with Crippen LogP contribution in [-0.2, 0) is 5.60 Å². The van der Waals surface area contributed by atoms with Gasteiger partial charge in [-0.3, -0.25) is 0 Å². The van der Waals surface area contributed by atoms with Gasteiger partial charge in [-0.2, -0.15) is 13.2 Å². The third-order valence-corrected chi connectivity index (χ3v) is 3.27. The maximum absolute atomic E-state index is 12.7. The van der Waals surface area contributed by atoms with Crippen LogP contribution in [0.1, 0.15) is 11.1 Å². The van der Waals surface area contributed by atoms with E-state index in [0.29, 0.717) is 4.47 Å². The molecule has 0 saturated heterocycles. The second-order valence-electron chi connectivity index (χ2n) is 3.53. The average Bonchev–Trinajstić information content (AvgIpc) is 2.19. The van der Waals surface area contributed by atoms with Crippen LogP contribution in [0.25, 0.3) is 0 Å². The summed E-state index contributed by atoms with van der Waals surface area (Å²) in [6, 6.07) is 3.95. The fourth-order valence-corrected chi connectivity index (χ4v) is 1.63. The molecule has 0 radical (unpaired) electrons. The molecule has 1 aromatic rings. The maximum atomic E-state index is 12.7. The van der Waals surface area contributed by atoms with E-state index in [-0.39, 0.29) is 5.56 Å². The first-order valence-electron chi connectivity index (χ1n) is 4.48. The predicted octanol–water partition coefficient (Wildman–Crippen LogP) is 2.47. The fourth-order valence-electron chi connectivity index (χ4n) is 1.25. The van der Waals surface area contributed by atoms with Crippen LogP contribution >= 0.6 is 15.9 Å². The van der Waals surface area contributed by atoms with E-state index in [1.54, 1.807) is 6.92 Å². The predicted molar refractivity (Wildman–Crippen MR) is 57.9 cm³/mol. The first-order valence-corrected chi connectivity index (χ1v) is 5.27. The van der Waals surface area contributed by atoms with Crippen LogP contribution in [0.4, 0.5) is 13.2 Å². The van der Waals surface area contributed by atoms with Crippen LogP contribution in [0.3, 0.4) is 0 Å². The third kappa shape index (κ3) is 2.23. The van der Waals surface area contributed by atoms with Crippen LogP contribution in [0.15, 0.2) is 22.7 Å². The van der Waals surface area contributed by atoms with Crippen molar-refractivity contribution in [1.82, 2.24) is 0 Å². The summed E-state index contributed by atoms with van der Waals surface area (Å²) in [5.74, 6) is 0. The molecule has 1 atom stereocenters. The number of alkyl halides is 3. The van der Waals surface area contributed by atoms with Crippen molar-refractivity contribution in [2.24, 2.45) is 5.73 Å². The zero-order chi connectivity index (χ0) is 12.6. The summed E-state index contributed by atoms with van der Waals surface area (Å²) >= 11 is 3.12. The molecule has 0 aliphatic carbocycles. The summed E-state index contributed by atoms with van der Waals surface area (Å²) in [6.45, 7) is 0.828. The van der Waals surface area contributed by atoms with Gasteiger partial charge in [0.05, 0.1) is 0 Å². The Bertz CT molecular complexity index is 394. The summed E-state index contributed by atoms with van der Waals surface area (Å²) in [4.78, 5) is 0. The van der Waals surface area contributed by atoms with Gasteiger partial charge in [-0.25, -0.2) is 0 Å². The maximum Gasteiger partial charge on any atom is 0.422 e. The Kier molecular flexibility index (Phi) is 3.66. The molecule has 0 aliphatic rings. The van der Waals surface area contributed by atoms with Crippen molar-refractivity contribution < 1.29 is 18.3 Å². The first kappa shape index (κ1) is 13.5. The SMILES string of the molecule is Cc1ccc(C(O)(CN)C(F)(F)F)cc1Br. The van der Waals surface area contributed by atoms with E-state index < -0.39 is 18.3 Å². The van der Waals surface area contributed by atoms with Crippen molar-refractivity contribution in [3.8, 4) is 0 Å². The fraction of sp³-hybridized carbons (Fsp3) is 0.400. The largest absolute Gasteiger partial charge is 0.422 e. The van der Waals surface area contributed by atoms with Crippen molar-refractivity contribution in [2.75, 3.05) is 6.54 Å². The van der Waals surface area contributed by atoms with Crippen LogP contribution in [-0.4, -0.2) is 17.8 Å². The molecule has 3 N–H and O–H groups in total. The Morgan fingerprint density at radius 1 is 1.38 bits per heavy atom. The average molecular weight is 298 g/mol. The highest BCUT2D eigenvalue weighted by Gasteiger charge is 2.54. The van der Waals surface area contributed by atoms with Gasteiger partial charge in [0.15, 0.2) is 5.60 Å². The molecule has 0 saturated carbocycles. The Hall–Kier alpha value is -0.590. The number of benzene rings is 1. The molecule has 0 aliphatic heterocycles. The van der Waals surface area contributed by atoms with E-state index in [2.05, 4.69) is 15.9 Å². The first-order chi connectivity index (χ1) is 7.22. The van der Waals surface area contributed by atoms with Crippen LogP contribution in [0, 0.1) is 6.92 Å². The van der Waals surface area contributed by atoms with Crippen molar-refractivity contribution in [3.63, 3.8) is 0 Å². The Balaban J connectivity index is 3.29. The van der Waals surface area contributed by atoms with Crippen molar-refractivity contribution in [2.45, 2.75) is 18.7 Å². The molecule has 1 aromatic carbocycles. The summed E-state index contributed by atoms with van der Waals surface area (Å²) in [7, 11) is 0. The summed E-state index contributed by atoms with van der Waals surface area (Å²) in [5, 5.41) is 9.57. The zero-order valence-corrected chi connectivity index (χ0v) is 10.1. The highest BCUT2D eigenvalue weighted by molar-refractivity contribution is 9.10. The van der Waals surface area contributed by atoms with E-state index in [1.807, 2.05) is 0 Å². The summed E-state index contributed by atoms with van der Waals surface area (Å²) in [5.41, 5.74) is 2.55. The van der Waals surface area contributed by atoms with Gasteiger partial charge in [-0.15, -0.1) is 0 Å². The van der Waals surface area contributed by atoms with Gasteiger partial charge < -0.3 is 10.8 Å². The summed E-state index contributed by atoms with van der Waals surface area (Å²) in [6.07, 6.45) is -4.80. The normalized spacial score (nSPS) is 15.9. The molecule has 1 unspecified atom stereocenters. The van der Waals surface area contributed by atoms with Gasteiger partial charge >= 0.3 is 6.18 Å². The van der Waals surface area contributed by atoms with Gasteiger partial charge in [-0.1, -0.05) is 28.1 Å². The molecule has 0 amide bonds. The van der Waals surface area contributed by atoms with E-state index >= 15 is 0 Å². The molecule has 0 heterocycles. The second kappa shape index (κ2) is 4.35. The monoisotopic (exact) mass is 297 g/mol. The van der Waals surface area contributed by atoms with Crippen LogP contribution in [0.2, 0.25) is 0 Å². The molecule has 0 aromatic heterocycles. The van der Waals surface area contributed by atoms with E-state index in [1.165, 1.54) is 18.2 Å². The van der Waals surface area contributed by atoms with Gasteiger partial charge in [0.25, 0.3) is 0 Å². The second-order valence-corrected chi connectivity index (χ2v) is 4.38. The van der Waals surface area contributed by atoms with Crippen molar-refractivity contribution in [3.05, 3.63) is 33.8 Å². The van der Waals surface area contributed by atoms with Crippen LogP contribution < -0.4 is 5.73 Å². The molecule has 16 heavy (non-hydrogen) atoms.